The van der Waals surface area contributed by atoms with E-state index < -0.39 is 0 Å². The van der Waals surface area contributed by atoms with Crippen molar-refractivity contribution < 1.29 is 0 Å². The van der Waals surface area contributed by atoms with Crippen molar-refractivity contribution in [2.45, 2.75) is 130 Å². The predicted molar refractivity (Wildman–Crippen MR) is 316 cm³/mol. The molecule has 0 bridgehead atoms. The third-order valence-corrected chi connectivity index (χ3v) is 18.4. The molecule has 1 saturated carbocycles. The van der Waals surface area contributed by atoms with Gasteiger partial charge in [-0.1, -0.05) is 210 Å². The highest BCUT2D eigenvalue weighted by Gasteiger charge is 2.34. The zero-order valence-corrected chi connectivity index (χ0v) is 43.9. The van der Waals surface area contributed by atoms with Crippen molar-refractivity contribution in [3.63, 3.8) is 0 Å². The van der Waals surface area contributed by atoms with E-state index in [0.717, 1.165) is 0 Å². The molecule has 0 heteroatoms. The number of benzene rings is 11. The van der Waals surface area contributed by atoms with Crippen LogP contribution in [-0.4, -0.2) is 0 Å². The lowest BCUT2D eigenvalue weighted by atomic mass is 9.78. The van der Waals surface area contributed by atoms with Gasteiger partial charge in [0.1, 0.15) is 0 Å². The maximum atomic E-state index is 2.64. The summed E-state index contributed by atoms with van der Waals surface area (Å²) in [6.07, 6.45) is 6.74. The minimum absolute atomic E-state index is 0.0463. The SMILES string of the molecule is CC(C)c1c2c(c(C(C)C)c3cc(C4CCCCC4)ccc13)-c1ccc3c4ccc5c6c(-c7ccc(C(C)(C)C)cc7)c7cccc8c9cc(C(C)(C)C)ccc9c(c78)c6c6ccc(c7ccc-2c1c37)c4c56. The fourth-order valence-corrected chi connectivity index (χ4v) is 15.2. The van der Waals surface area contributed by atoms with E-state index in [-0.39, 0.29) is 10.8 Å². The van der Waals surface area contributed by atoms with E-state index in [4.69, 9.17) is 0 Å². The highest BCUT2D eigenvalue weighted by Crippen LogP contribution is 2.60. The van der Waals surface area contributed by atoms with E-state index >= 15 is 0 Å². The lowest BCUT2D eigenvalue weighted by Gasteiger charge is -2.26. The van der Waals surface area contributed by atoms with Crippen LogP contribution >= 0.6 is 0 Å². The molecule has 0 atom stereocenters. The van der Waals surface area contributed by atoms with Gasteiger partial charge in [-0.2, -0.15) is 0 Å². The van der Waals surface area contributed by atoms with E-state index in [0.29, 0.717) is 17.8 Å². The molecule has 0 heterocycles. The highest BCUT2D eigenvalue weighted by molar-refractivity contribution is 6.51. The minimum Gasteiger partial charge on any atom is -0.0610 e. The van der Waals surface area contributed by atoms with E-state index in [9.17, 15) is 0 Å². The van der Waals surface area contributed by atoms with Crippen LogP contribution in [0.5, 0.6) is 0 Å². The molecule has 2 aliphatic rings. The quantitative estimate of drug-likeness (QED) is 0.122. The molecule has 15 rings (SSSR count). The van der Waals surface area contributed by atoms with Gasteiger partial charge in [-0.3, -0.25) is 0 Å². The smallest absolute Gasteiger partial charge is 0.000696 e. The van der Waals surface area contributed by atoms with Crippen LogP contribution in [0.4, 0.5) is 0 Å². The summed E-state index contributed by atoms with van der Waals surface area (Å²) < 4.78 is 0. The Kier molecular flexibility index (Phi) is 8.62. The van der Waals surface area contributed by atoms with Crippen molar-refractivity contribution in [1.82, 2.24) is 0 Å². The molecule has 0 unspecified atom stereocenters. The Labute approximate surface area is 424 Å². The molecule has 2 aliphatic carbocycles. The van der Waals surface area contributed by atoms with Crippen LogP contribution in [0, 0.1) is 0 Å². The summed E-state index contributed by atoms with van der Waals surface area (Å²) in [5.41, 5.74) is 16.0. The standard InChI is InChI=1S/C72H64/c1-37(2)58-50-25-21-41(39-15-12-11-13-16-39)35-57(50)59(38(3)4)68-53-32-28-46-47-29-33-54-65-55(34-30-48(62(47)65)45-27-31-52(67(58)68)64(53)61(45)46)70-66-49-26-24-43(72(8,9)10)36-56(49)44-17-14-18-51(63(44)66)60(69(54)70)40-19-22-42(23-20-40)71(5,6)7/h14,17-39H,11-13,15-16H2,1-10H3. The summed E-state index contributed by atoms with van der Waals surface area (Å²) in [6.45, 7) is 23.7. The molecular formula is C72H64. The van der Waals surface area contributed by atoms with Gasteiger partial charge >= 0.3 is 0 Å². The first-order valence-corrected chi connectivity index (χ1v) is 27.4. The Hall–Kier alpha value is -6.76. The molecule has 0 spiro atoms. The Morgan fingerprint density at radius 1 is 0.347 bits per heavy atom. The summed E-state index contributed by atoms with van der Waals surface area (Å²) in [7, 11) is 0. The molecule has 352 valence electrons. The zero-order valence-electron chi connectivity index (χ0n) is 43.9. The van der Waals surface area contributed by atoms with Crippen LogP contribution in [0.1, 0.15) is 147 Å². The van der Waals surface area contributed by atoms with Gasteiger partial charge in [-0.15, -0.1) is 0 Å². The Morgan fingerprint density at radius 3 is 1.43 bits per heavy atom. The lowest BCUT2D eigenvalue weighted by molar-refractivity contribution is 0.444. The van der Waals surface area contributed by atoms with E-state index in [2.05, 4.69) is 197 Å². The van der Waals surface area contributed by atoms with Crippen molar-refractivity contribution in [2.75, 3.05) is 0 Å². The van der Waals surface area contributed by atoms with Crippen molar-refractivity contribution >= 4 is 108 Å². The van der Waals surface area contributed by atoms with Crippen LogP contribution < -0.4 is 0 Å². The summed E-state index contributed by atoms with van der Waals surface area (Å²) >= 11 is 0. The summed E-state index contributed by atoms with van der Waals surface area (Å²) in [5, 5.41) is 27.9. The molecule has 72 heavy (non-hydrogen) atoms. The van der Waals surface area contributed by atoms with Crippen LogP contribution in [0.3, 0.4) is 0 Å². The first-order valence-electron chi connectivity index (χ1n) is 27.4. The van der Waals surface area contributed by atoms with Crippen LogP contribution in [0.2, 0.25) is 0 Å². The van der Waals surface area contributed by atoms with E-state index in [1.165, 1.54) is 195 Å². The maximum absolute atomic E-state index is 2.64. The lowest BCUT2D eigenvalue weighted by Crippen LogP contribution is -2.10. The molecule has 0 aliphatic heterocycles. The van der Waals surface area contributed by atoms with Crippen LogP contribution in [-0.2, 0) is 10.8 Å². The number of hydrogen-bond donors (Lipinski definition) is 0. The molecule has 1 fully saturated rings. The van der Waals surface area contributed by atoms with Crippen molar-refractivity contribution in [2.24, 2.45) is 0 Å². The van der Waals surface area contributed by atoms with E-state index in [1.54, 1.807) is 5.56 Å². The molecule has 0 radical (unpaired) electrons. The molecule has 0 saturated heterocycles. The van der Waals surface area contributed by atoms with Gasteiger partial charge in [0.05, 0.1) is 0 Å². The maximum Gasteiger partial charge on any atom is -0.000696 e. The van der Waals surface area contributed by atoms with Crippen molar-refractivity contribution in [3.8, 4) is 33.4 Å². The number of rotatable bonds is 4. The third-order valence-electron chi connectivity index (χ3n) is 18.4. The van der Waals surface area contributed by atoms with Gasteiger partial charge in [-0.25, -0.2) is 0 Å². The topological polar surface area (TPSA) is 0 Å². The molecular weight excluding hydrogens is 865 g/mol. The average molecular weight is 929 g/mol. The molecule has 13 aromatic rings. The second kappa shape index (κ2) is 14.5. The normalized spacial score (nSPS) is 15.0. The first-order chi connectivity index (χ1) is 34.7. The predicted octanol–water partition coefficient (Wildman–Crippen LogP) is 21.7. The molecule has 13 aromatic carbocycles. The Bertz CT molecular complexity index is 4430. The Morgan fingerprint density at radius 2 is 0.806 bits per heavy atom. The minimum atomic E-state index is 0.0463. The molecule has 0 amide bonds. The molecule has 0 nitrogen and oxygen atoms in total. The van der Waals surface area contributed by atoms with Gasteiger partial charge in [0, 0.05) is 0 Å². The number of hydrogen-bond acceptors (Lipinski definition) is 0. The van der Waals surface area contributed by atoms with Gasteiger partial charge in [0.25, 0.3) is 0 Å². The van der Waals surface area contributed by atoms with Gasteiger partial charge in [-0.05, 0) is 216 Å². The van der Waals surface area contributed by atoms with Crippen molar-refractivity contribution in [3.05, 3.63) is 155 Å². The fraction of sp³-hybridized carbons (Fsp3) is 0.278. The van der Waals surface area contributed by atoms with Gasteiger partial charge in [0.2, 0.25) is 0 Å². The van der Waals surface area contributed by atoms with Crippen LogP contribution in [0.25, 0.3) is 141 Å². The second-order valence-electron chi connectivity index (χ2n) is 25.2. The molecule has 0 N–H and O–H groups in total. The first kappa shape index (κ1) is 42.9. The highest BCUT2D eigenvalue weighted by atomic mass is 14.4. The summed E-state index contributed by atoms with van der Waals surface area (Å²) in [4.78, 5) is 0. The second-order valence-corrected chi connectivity index (χ2v) is 25.2. The zero-order chi connectivity index (χ0) is 49.0. The third kappa shape index (κ3) is 5.49. The van der Waals surface area contributed by atoms with Gasteiger partial charge < -0.3 is 0 Å². The average Bonchev–Trinajstić information content (AvgIpc) is 4.02. The molecule has 0 aromatic heterocycles. The monoisotopic (exact) mass is 929 g/mol. The van der Waals surface area contributed by atoms with Gasteiger partial charge in [0.15, 0.2) is 0 Å². The summed E-state index contributed by atoms with van der Waals surface area (Å²) in [5.74, 6) is 1.45. The van der Waals surface area contributed by atoms with Crippen molar-refractivity contribution in [1.29, 1.82) is 0 Å². The fourth-order valence-electron chi connectivity index (χ4n) is 15.2. The van der Waals surface area contributed by atoms with Crippen LogP contribution in [0.15, 0.2) is 127 Å². The Balaban J connectivity index is 1.06. The van der Waals surface area contributed by atoms with E-state index in [1.807, 2.05) is 0 Å². The summed E-state index contributed by atoms with van der Waals surface area (Å²) in [6, 6.07) is 51.8. The number of fused-ring (bicyclic) bond motifs is 13. The largest absolute Gasteiger partial charge is 0.0610 e.